The lowest BCUT2D eigenvalue weighted by Gasteiger charge is -2.22. The van der Waals surface area contributed by atoms with Crippen molar-refractivity contribution in [2.75, 3.05) is 20.8 Å². The van der Waals surface area contributed by atoms with E-state index in [0.717, 1.165) is 27.4 Å². The van der Waals surface area contributed by atoms with E-state index < -0.39 is 0 Å². The first-order valence-corrected chi connectivity index (χ1v) is 22.4. The lowest BCUT2D eigenvalue weighted by atomic mass is 10.0. The SMILES string of the molecule is CC.CC.CCOc1ccc(C(=O)N(Cc2ccco2)Cc2cc3cc(OC)c(OC)cc3[nH]c2=O)cc1.Cc1cc(C)c2[nH]c(=O)c(CN(Cc3ccco3)C(=O)c3ccccc3)cc2c1. The Morgan fingerprint density at radius 1 is 0.582 bits per heavy atom. The number of benzene rings is 4. The van der Waals surface area contributed by atoms with Crippen LogP contribution in [0.4, 0.5) is 0 Å². The van der Waals surface area contributed by atoms with E-state index in [9.17, 15) is 19.2 Å². The number of amides is 2. The average Bonchev–Trinajstić information content (AvgIpc) is 4.08. The van der Waals surface area contributed by atoms with E-state index in [-0.39, 0.29) is 49.1 Å². The molecule has 0 aliphatic rings. The molecule has 13 heteroatoms. The minimum absolute atomic E-state index is 0.0896. The molecule has 2 N–H and O–H groups in total. The van der Waals surface area contributed by atoms with Gasteiger partial charge in [-0.25, -0.2) is 0 Å². The number of aromatic nitrogens is 2. The Morgan fingerprint density at radius 3 is 1.63 bits per heavy atom. The maximum atomic E-state index is 13.4. The number of ether oxygens (including phenoxy) is 3. The first kappa shape index (κ1) is 50.2. The summed E-state index contributed by atoms with van der Waals surface area (Å²) < 4.78 is 27.1. The summed E-state index contributed by atoms with van der Waals surface area (Å²) in [4.78, 5) is 61.2. The number of carbonyl (C=O) groups excluding carboxylic acids is 2. The highest BCUT2D eigenvalue weighted by Crippen LogP contribution is 2.31. The summed E-state index contributed by atoms with van der Waals surface area (Å²) in [6.07, 6.45) is 3.13. The van der Waals surface area contributed by atoms with Crippen molar-refractivity contribution in [1.29, 1.82) is 0 Å². The van der Waals surface area contributed by atoms with Gasteiger partial charge in [0, 0.05) is 33.7 Å². The predicted molar refractivity (Wildman–Crippen MR) is 263 cm³/mol. The van der Waals surface area contributed by atoms with Crippen LogP contribution in [0.1, 0.15) is 89.1 Å². The molecule has 0 aliphatic carbocycles. The summed E-state index contributed by atoms with van der Waals surface area (Å²) in [6, 6.07) is 34.4. The molecular weight excluding hydrogens is 849 g/mol. The van der Waals surface area contributed by atoms with Gasteiger partial charge in [-0.3, -0.25) is 19.2 Å². The highest BCUT2D eigenvalue weighted by molar-refractivity contribution is 5.95. The molecule has 0 fully saturated rings. The second-order valence-corrected chi connectivity index (χ2v) is 14.9. The predicted octanol–water partition coefficient (Wildman–Crippen LogP) is 11.0. The van der Waals surface area contributed by atoms with Gasteiger partial charge in [-0.1, -0.05) is 57.5 Å². The Hall–Kier alpha value is -7.80. The number of nitrogens with one attached hydrogen (secondary N) is 2. The maximum Gasteiger partial charge on any atom is 0.254 e. The Balaban J connectivity index is 0.000000236. The number of aryl methyl sites for hydroxylation is 2. The number of carbonyl (C=O) groups is 2. The molecule has 350 valence electrons. The molecular formula is C54H60N4O9. The molecule has 8 aromatic rings. The van der Waals surface area contributed by atoms with Crippen LogP contribution in [0.3, 0.4) is 0 Å². The third-order valence-electron chi connectivity index (χ3n) is 10.4. The molecule has 0 saturated carbocycles. The van der Waals surface area contributed by atoms with Crippen molar-refractivity contribution in [3.05, 3.63) is 193 Å². The zero-order valence-corrected chi connectivity index (χ0v) is 39.7. The number of nitrogens with zero attached hydrogens (tertiary/aromatic N) is 2. The quantitative estimate of drug-likeness (QED) is 0.108. The van der Waals surface area contributed by atoms with E-state index in [2.05, 4.69) is 9.97 Å². The summed E-state index contributed by atoms with van der Waals surface area (Å²) in [5, 5.41) is 1.72. The molecule has 0 atom stereocenters. The Labute approximate surface area is 390 Å². The van der Waals surface area contributed by atoms with Gasteiger partial charge in [0.15, 0.2) is 11.5 Å². The number of methoxy groups -OCH3 is 2. The van der Waals surface area contributed by atoms with Gasteiger partial charge in [0.2, 0.25) is 0 Å². The van der Waals surface area contributed by atoms with Crippen molar-refractivity contribution in [3.8, 4) is 17.2 Å². The monoisotopic (exact) mass is 908 g/mol. The van der Waals surface area contributed by atoms with E-state index in [1.54, 1.807) is 102 Å². The number of furan rings is 2. The number of pyridine rings is 2. The molecule has 0 aliphatic heterocycles. The van der Waals surface area contributed by atoms with Crippen LogP contribution in [0.25, 0.3) is 21.8 Å². The fourth-order valence-corrected chi connectivity index (χ4v) is 7.34. The molecule has 2 amide bonds. The van der Waals surface area contributed by atoms with Gasteiger partial charge in [-0.2, -0.15) is 0 Å². The van der Waals surface area contributed by atoms with Crippen molar-refractivity contribution in [1.82, 2.24) is 19.8 Å². The van der Waals surface area contributed by atoms with Gasteiger partial charge < -0.3 is 42.8 Å². The highest BCUT2D eigenvalue weighted by atomic mass is 16.5. The summed E-state index contributed by atoms with van der Waals surface area (Å²) in [7, 11) is 3.09. The zero-order valence-electron chi connectivity index (χ0n) is 39.7. The van der Waals surface area contributed by atoms with Crippen molar-refractivity contribution in [3.63, 3.8) is 0 Å². The third-order valence-corrected chi connectivity index (χ3v) is 10.4. The van der Waals surface area contributed by atoms with E-state index in [4.69, 9.17) is 23.0 Å². The van der Waals surface area contributed by atoms with Crippen molar-refractivity contribution in [2.45, 2.75) is 74.6 Å². The Morgan fingerprint density at radius 2 is 1.10 bits per heavy atom. The molecule has 0 saturated heterocycles. The number of hydrogen-bond acceptors (Lipinski definition) is 9. The molecule has 4 aromatic carbocycles. The maximum absolute atomic E-state index is 13.4. The van der Waals surface area contributed by atoms with Crippen LogP contribution < -0.4 is 25.3 Å². The molecule has 0 radical (unpaired) electrons. The summed E-state index contributed by atoms with van der Waals surface area (Å²) in [6.45, 7) is 15.2. The molecule has 0 unspecified atom stereocenters. The van der Waals surface area contributed by atoms with Crippen molar-refractivity contribution in [2.24, 2.45) is 0 Å². The van der Waals surface area contributed by atoms with E-state index in [0.29, 0.717) is 63.1 Å². The minimum atomic E-state index is -0.288. The van der Waals surface area contributed by atoms with Gasteiger partial charge >= 0.3 is 0 Å². The molecule has 67 heavy (non-hydrogen) atoms. The summed E-state index contributed by atoms with van der Waals surface area (Å²) in [5.74, 6) is 2.65. The van der Waals surface area contributed by atoms with Crippen LogP contribution in [-0.4, -0.2) is 52.4 Å². The largest absolute Gasteiger partial charge is 0.494 e. The van der Waals surface area contributed by atoms with Crippen LogP contribution in [0, 0.1) is 13.8 Å². The summed E-state index contributed by atoms with van der Waals surface area (Å²) in [5.41, 5.74) is 5.15. The first-order chi connectivity index (χ1) is 32.5. The first-order valence-electron chi connectivity index (χ1n) is 22.4. The topological polar surface area (TPSA) is 160 Å². The van der Waals surface area contributed by atoms with Gasteiger partial charge in [0.25, 0.3) is 22.9 Å². The lowest BCUT2D eigenvalue weighted by Crippen LogP contribution is -2.32. The molecule has 0 spiro atoms. The Kier molecular flexibility index (Phi) is 18.3. The normalized spacial score (nSPS) is 10.4. The molecule has 8 rings (SSSR count). The van der Waals surface area contributed by atoms with Crippen LogP contribution in [0.5, 0.6) is 17.2 Å². The van der Waals surface area contributed by atoms with Crippen molar-refractivity contribution >= 4 is 33.6 Å². The minimum Gasteiger partial charge on any atom is -0.494 e. The van der Waals surface area contributed by atoms with E-state index in [1.165, 1.54) is 7.11 Å². The molecule has 0 bridgehead atoms. The third kappa shape index (κ3) is 12.9. The highest BCUT2D eigenvalue weighted by Gasteiger charge is 2.22. The van der Waals surface area contributed by atoms with Crippen LogP contribution in [-0.2, 0) is 26.2 Å². The molecule has 4 heterocycles. The lowest BCUT2D eigenvalue weighted by molar-refractivity contribution is 0.0710. The fraction of sp³-hybridized carbons (Fsp3) is 0.259. The number of fused-ring (bicyclic) bond motifs is 2. The standard InChI is InChI=1S/C26H26N2O6.C24H22N2O3.2C2H6/c1-4-33-20-9-7-17(8-10-20)26(30)28(16-21-6-5-11-34-21)15-19-12-18-13-23(31-2)24(32-3)14-22(18)27-25(19)29;1-16-11-17(2)22-19(12-16)13-20(23(27)25-22)14-26(15-21-9-6-10-29-21)24(28)18-7-4-3-5-8-18;2*1-2/h5-14H,4,15-16H2,1-3H3,(H,27,29);3-13H,14-15H2,1-2H3,(H,25,27);2*1-2H3. The van der Waals surface area contributed by atoms with Gasteiger partial charge in [0.1, 0.15) is 17.3 Å². The molecule has 4 aromatic heterocycles. The van der Waals surface area contributed by atoms with E-state index >= 15 is 0 Å². The van der Waals surface area contributed by atoms with Gasteiger partial charge in [-0.15, -0.1) is 0 Å². The summed E-state index contributed by atoms with van der Waals surface area (Å²) >= 11 is 0. The van der Waals surface area contributed by atoms with Crippen LogP contribution >= 0.6 is 0 Å². The van der Waals surface area contributed by atoms with Crippen LogP contribution in [0.2, 0.25) is 0 Å². The fourth-order valence-electron chi connectivity index (χ4n) is 7.34. The van der Waals surface area contributed by atoms with Crippen LogP contribution in [0.15, 0.2) is 146 Å². The number of aromatic amines is 2. The number of H-pyrrole nitrogens is 2. The second-order valence-electron chi connectivity index (χ2n) is 14.9. The van der Waals surface area contributed by atoms with Gasteiger partial charge in [-0.05, 0) is 117 Å². The van der Waals surface area contributed by atoms with Gasteiger partial charge in [0.05, 0.1) is 70.6 Å². The second kappa shape index (κ2) is 24.5. The molecule has 13 nitrogen and oxygen atoms in total. The average molecular weight is 909 g/mol. The zero-order chi connectivity index (χ0) is 48.5. The smallest absolute Gasteiger partial charge is 0.254 e. The van der Waals surface area contributed by atoms with Crippen molar-refractivity contribution < 1.29 is 32.6 Å². The number of hydrogen-bond donors (Lipinski definition) is 2. The number of rotatable bonds is 14. The van der Waals surface area contributed by atoms with E-state index in [1.807, 2.05) is 90.9 Å². The Bertz CT molecular complexity index is 2940.